The Balaban J connectivity index is 2.42. The first-order chi connectivity index (χ1) is 9.90. The van der Waals surface area contributed by atoms with E-state index in [1.165, 1.54) is 17.4 Å². The number of thiophene rings is 1. The molecule has 0 spiro atoms. The summed E-state index contributed by atoms with van der Waals surface area (Å²) in [7, 11) is 0. The molecule has 0 atom stereocenters. The number of aromatic amines is 1. The molecule has 0 aliphatic heterocycles. The first-order valence-electron chi connectivity index (χ1n) is 6.10. The molecule has 0 saturated heterocycles. The number of halogens is 2. The van der Waals surface area contributed by atoms with E-state index in [0.29, 0.717) is 25.9 Å². The molecule has 0 saturated carbocycles. The molecule has 3 aromatic rings. The number of rotatable bonds is 1. The summed E-state index contributed by atoms with van der Waals surface area (Å²) in [6.45, 7) is 3.79. The third-order valence-electron chi connectivity index (χ3n) is 3.39. The third-order valence-corrected chi connectivity index (χ3v) is 5.25. The van der Waals surface area contributed by atoms with Crippen molar-refractivity contribution in [2.75, 3.05) is 0 Å². The van der Waals surface area contributed by atoms with Crippen LogP contribution in [-0.4, -0.2) is 9.55 Å². The van der Waals surface area contributed by atoms with Crippen molar-refractivity contribution >= 4 is 44.8 Å². The summed E-state index contributed by atoms with van der Waals surface area (Å²) in [5, 5.41) is 1.19. The van der Waals surface area contributed by atoms with Gasteiger partial charge < -0.3 is 0 Å². The number of aryl methyl sites for hydroxylation is 2. The molecule has 0 fully saturated rings. The third kappa shape index (κ3) is 2.21. The molecule has 0 radical (unpaired) electrons. The zero-order valence-corrected chi connectivity index (χ0v) is 13.5. The van der Waals surface area contributed by atoms with Crippen molar-refractivity contribution in [3.05, 3.63) is 59.5 Å². The van der Waals surface area contributed by atoms with E-state index in [0.717, 1.165) is 15.0 Å². The second-order valence-electron chi connectivity index (χ2n) is 4.66. The van der Waals surface area contributed by atoms with Gasteiger partial charge in [0.25, 0.3) is 5.56 Å². The highest BCUT2D eigenvalue weighted by molar-refractivity contribution is 7.18. The number of hydrogen-bond donors (Lipinski definition) is 1. The number of fused-ring (bicyclic) bond motifs is 1. The van der Waals surface area contributed by atoms with E-state index in [-0.39, 0.29) is 5.56 Å². The second-order valence-corrected chi connectivity index (χ2v) is 6.70. The molecule has 0 bridgehead atoms. The summed E-state index contributed by atoms with van der Waals surface area (Å²) in [5.74, 6) is 0. The quantitative estimate of drug-likeness (QED) is 0.734. The highest BCUT2D eigenvalue weighted by atomic mass is 35.5. The average Bonchev–Trinajstić information content (AvgIpc) is 2.69. The van der Waals surface area contributed by atoms with Gasteiger partial charge in [0.05, 0.1) is 21.1 Å². The maximum absolute atomic E-state index is 12.7. The summed E-state index contributed by atoms with van der Waals surface area (Å²) in [5.41, 5.74) is 0.423. The van der Waals surface area contributed by atoms with Crippen molar-refractivity contribution in [1.29, 1.82) is 0 Å². The topological polar surface area (TPSA) is 54.9 Å². The van der Waals surface area contributed by atoms with Crippen LogP contribution in [-0.2, 0) is 0 Å². The van der Waals surface area contributed by atoms with Crippen LogP contribution in [0.25, 0.3) is 15.9 Å². The van der Waals surface area contributed by atoms with Crippen LogP contribution < -0.4 is 11.2 Å². The maximum Gasteiger partial charge on any atom is 0.334 e. The average molecular weight is 341 g/mol. The summed E-state index contributed by atoms with van der Waals surface area (Å²) in [4.78, 5) is 29.2. The van der Waals surface area contributed by atoms with E-state index >= 15 is 0 Å². The van der Waals surface area contributed by atoms with Gasteiger partial charge >= 0.3 is 5.69 Å². The molecule has 0 aliphatic rings. The minimum atomic E-state index is -0.493. The maximum atomic E-state index is 12.7. The van der Waals surface area contributed by atoms with Crippen LogP contribution in [0.2, 0.25) is 10.0 Å². The Morgan fingerprint density at radius 1 is 1.14 bits per heavy atom. The predicted molar refractivity (Wildman–Crippen MR) is 87.5 cm³/mol. The fourth-order valence-corrected chi connectivity index (χ4v) is 3.52. The Labute approximate surface area is 133 Å². The van der Waals surface area contributed by atoms with Crippen molar-refractivity contribution < 1.29 is 0 Å². The molecule has 0 amide bonds. The molecule has 4 nitrogen and oxygen atoms in total. The lowest BCUT2D eigenvalue weighted by Crippen LogP contribution is -2.33. The van der Waals surface area contributed by atoms with Crippen LogP contribution in [0.1, 0.15) is 10.4 Å². The normalized spacial score (nSPS) is 11.2. The Hall–Kier alpha value is -1.56. The largest absolute Gasteiger partial charge is 0.334 e. The van der Waals surface area contributed by atoms with Gasteiger partial charge in [0.2, 0.25) is 0 Å². The molecule has 0 unspecified atom stereocenters. The van der Waals surface area contributed by atoms with Gasteiger partial charge in [0, 0.05) is 4.88 Å². The smallest absolute Gasteiger partial charge is 0.298 e. The van der Waals surface area contributed by atoms with Crippen LogP contribution in [0, 0.1) is 13.8 Å². The summed E-state index contributed by atoms with van der Waals surface area (Å²) in [6.07, 6.45) is 0. The van der Waals surface area contributed by atoms with E-state index < -0.39 is 5.69 Å². The van der Waals surface area contributed by atoms with Crippen molar-refractivity contribution in [2.24, 2.45) is 0 Å². The molecular weight excluding hydrogens is 331 g/mol. The van der Waals surface area contributed by atoms with Gasteiger partial charge in [-0.1, -0.05) is 23.2 Å². The van der Waals surface area contributed by atoms with Gasteiger partial charge in [0.15, 0.2) is 0 Å². The standard InChI is InChI=1S/C14H10Cl2N2O2S/c1-6-7(2)21-12-11(6)13(19)18(14(20)17-12)8-3-4-9(15)10(16)5-8/h3-5H,1-2H3,(H,17,20). The number of benzene rings is 1. The van der Waals surface area contributed by atoms with Gasteiger partial charge in [-0.2, -0.15) is 0 Å². The fraction of sp³-hybridized carbons (Fsp3) is 0.143. The van der Waals surface area contributed by atoms with Crippen molar-refractivity contribution in [3.63, 3.8) is 0 Å². The highest BCUT2D eigenvalue weighted by Crippen LogP contribution is 2.26. The van der Waals surface area contributed by atoms with Crippen LogP contribution in [0.4, 0.5) is 0 Å². The highest BCUT2D eigenvalue weighted by Gasteiger charge is 2.15. The van der Waals surface area contributed by atoms with E-state index in [4.69, 9.17) is 23.2 Å². The lowest BCUT2D eigenvalue weighted by molar-refractivity contribution is 0.903. The minimum absolute atomic E-state index is 0.291. The second kappa shape index (κ2) is 5.02. The monoisotopic (exact) mass is 340 g/mol. The van der Waals surface area contributed by atoms with Gasteiger partial charge in [-0.25, -0.2) is 9.36 Å². The first-order valence-corrected chi connectivity index (χ1v) is 7.68. The Kier molecular flexibility index (Phi) is 3.43. The number of hydrogen-bond acceptors (Lipinski definition) is 3. The number of nitrogens with zero attached hydrogens (tertiary/aromatic N) is 1. The zero-order chi connectivity index (χ0) is 15.3. The van der Waals surface area contributed by atoms with Gasteiger partial charge in [-0.05, 0) is 37.6 Å². The molecule has 2 heterocycles. The predicted octanol–water partition coefficient (Wildman–Crippen LogP) is 3.66. The minimum Gasteiger partial charge on any atom is -0.298 e. The van der Waals surface area contributed by atoms with E-state index in [9.17, 15) is 9.59 Å². The van der Waals surface area contributed by atoms with Crippen LogP contribution in [0.3, 0.4) is 0 Å². The van der Waals surface area contributed by atoms with Gasteiger partial charge in [-0.3, -0.25) is 9.78 Å². The number of aromatic nitrogens is 2. The molecule has 0 aliphatic carbocycles. The molecule has 1 aromatic carbocycles. The van der Waals surface area contributed by atoms with Crippen LogP contribution >= 0.6 is 34.5 Å². The van der Waals surface area contributed by atoms with Gasteiger partial charge in [0.1, 0.15) is 4.83 Å². The number of H-pyrrole nitrogens is 1. The summed E-state index contributed by atoms with van der Waals surface area (Å²) >= 11 is 13.2. The van der Waals surface area contributed by atoms with Crippen molar-refractivity contribution in [2.45, 2.75) is 13.8 Å². The molecular formula is C14H10Cl2N2O2S. The Bertz CT molecular complexity index is 985. The van der Waals surface area contributed by atoms with E-state index in [1.807, 2.05) is 13.8 Å². The number of nitrogens with one attached hydrogen (secondary N) is 1. The van der Waals surface area contributed by atoms with Crippen molar-refractivity contribution in [3.8, 4) is 5.69 Å². The molecule has 2 aromatic heterocycles. The lowest BCUT2D eigenvalue weighted by Gasteiger charge is -2.06. The molecule has 7 heteroatoms. The molecule has 21 heavy (non-hydrogen) atoms. The fourth-order valence-electron chi connectivity index (χ4n) is 2.19. The van der Waals surface area contributed by atoms with E-state index in [1.54, 1.807) is 12.1 Å². The summed E-state index contributed by atoms with van der Waals surface area (Å²) in [6, 6.07) is 4.65. The van der Waals surface area contributed by atoms with Crippen LogP contribution in [0.15, 0.2) is 27.8 Å². The SMILES string of the molecule is Cc1sc2[nH]c(=O)n(-c3ccc(Cl)c(Cl)c3)c(=O)c2c1C. The molecule has 1 N–H and O–H groups in total. The van der Waals surface area contributed by atoms with E-state index in [2.05, 4.69) is 4.98 Å². The van der Waals surface area contributed by atoms with Crippen molar-refractivity contribution in [1.82, 2.24) is 9.55 Å². The van der Waals surface area contributed by atoms with Crippen LogP contribution in [0.5, 0.6) is 0 Å². The Morgan fingerprint density at radius 3 is 2.52 bits per heavy atom. The molecule has 3 rings (SSSR count). The zero-order valence-electron chi connectivity index (χ0n) is 11.2. The summed E-state index contributed by atoms with van der Waals surface area (Å²) < 4.78 is 1.07. The Morgan fingerprint density at radius 2 is 1.86 bits per heavy atom. The van der Waals surface area contributed by atoms with Gasteiger partial charge in [-0.15, -0.1) is 11.3 Å². The molecule has 108 valence electrons. The first kappa shape index (κ1) is 14.4. The lowest BCUT2D eigenvalue weighted by atomic mass is 10.2.